The molecule has 0 radical (unpaired) electrons. The number of methoxy groups -OCH3 is 1. The normalized spacial score (nSPS) is 12.3. The van der Waals surface area contributed by atoms with E-state index in [1.165, 1.54) is 14.2 Å². The average molecular weight is 581 g/mol. The molecule has 4 amide bonds. The first-order valence-corrected chi connectivity index (χ1v) is 13.6. The number of ether oxygens (including phenoxy) is 4. The summed E-state index contributed by atoms with van der Waals surface area (Å²) in [4.78, 5) is 60.2. The number of esters is 1. The molecule has 0 saturated heterocycles. The third-order valence-electron chi connectivity index (χ3n) is 5.46. The van der Waals surface area contributed by atoms with Gasteiger partial charge in [0.05, 0.1) is 13.7 Å². The summed E-state index contributed by atoms with van der Waals surface area (Å²) in [6.45, 7) is 5.76. The largest absolute Gasteiger partial charge is 0.467 e. The Hall–Kier alpha value is -3.87. The van der Waals surface area contributed by atoms with Crippen molar-refractivity contribution in [1.29, 1.82) is 0 Å². The van der Waals surface area contributed by atoms with Gasteiger partial charge in [0.2, 0.25) is 11.8 Å². The molecule has 0 fully saturated rings. The Morgan fingerprint density at radius 3 is 2.22 bits per heavy atom. The van der Waals surface area contributed by atoms with Crippen molar-refractivity contribution in [3.8, 4) is 0 Å². The molecule has 0 heterocycles. The van der Waals surface area contributed by atoms with E-state index in [0.29, 0.717) is 32.2 Å². The topological polar surface area (TPSA) is 170 Å². The van der Waals surface area contributed by atoms with Gasteiger partial charge in [0.15, 0.2) is 0 Å². The molecular formula is C28H44N4O9. The molecule has 2 atom stereocenters. The van der Waals surface area contributed by atoms with Gasteiger partial charge in [-0.15, -0.1) is 0 Å². The smallest absolute Gasteiger partial charge is 0.408 e. The van der Waals surface area contributed by atoms with Gasteiger partial charge in [-0.1, -0.05) is 30.3 Å². The minimum atomic E-state index is -0.948. The van der Waals surface area contributed by atoms with Gasteiger partial charge in [-0.3, -0.25) is 9.59 Å². The highest BCUT2D eigenvalue weighted by molar-refractivity contribution is 5.85. The zero-order valence-corrected chi connectivity index (χ0v) is 24.6. The van der Waals surface area contributed by atoms with Crippen molar-refractivity contribution in [3.63, 3.8) is 0 Å². The van der Waals surface area contributed by atoms with E-state index in [1.807, 2.05) is 30.3 Å². The number of hydrogen-bond donors (Lipinski definition) is 4. The Morgan fingerprint density at radius 1 is 0.902 bits per heavy atom. The van der Waals surface area contributed by atoms with Crippen molar-refractivity contribution in [2.75, 3.05) is 33.9 Å². The molecule has 0 saturated carbocycles. The van der Waals surface area contributed by atoms with E-state index in [9.17, 15) is 24.0 Å². The van der Waals surface area contributed by atoms with Crippen LogP contribution in [0.15, 0.2) is 30.3 Å². The lowest BCUT2D eigenvalue weighted by Crippen LogP contribution is -2.48. The molecule has 1 aromatic rings. The number of carbonyl (C=O) groups is 5. The van der Waals surface area contributed by atoms with E-state index in [2.05, 4.69) is 21.3 Å². The van der Waals surface area contributed by atoms with Crippen molar-refractivity contribution in [1.82, 2.24) is 21.3 Å². The Balaban J connectivity index is 2.25. The molecule has 1 aromatic carbocycles. The number of unbranched alkanes of at least 4 members (excludes halogenated alkanes) is 1. The third kappa shape index (κ3) is 16.7. The van der Waals surface area contributed by atoms with E-state index in [4.69, 9.17) is 18.9 Å². The lowest BCUT2D eigenvalue weighted by molar-refractivity contribution is -0.143. The van der Waals surface area contributed by atoms with Crippen LogP contribution in [0.5, 0.6) is 0 Å². The van der Waals surface area contributed by atoms with Crippen LogP contribution in [0.1, 0.15) is 58.4 Å². The molecule has 41 heavy (non-hydrogen) atoms. The SMILES string of the molecule is CNC(=O)[C@H](COCCCC(=O)NCCCC[C@H](NC(=O)OC(C)(C)C)C(=O)OC)NC(=O)OCc1ccccc1. The van der Waals surface area contributed by atoms with E-state index in [1.54, 1.807) is 20.8 Å². The highest BCUT2D eigenvalue weighted by atomic mass is 16.6. The molecule has 4 N–H and O–H groups in total. The van der Waals surface area contributed by atoms with Gasteiger partial charge >= 0.3 is 18.2 Å². The van der Waals surface area contributed by atoms with Crippen LogP contribution in [0.2, 0.25) is 0 Å². The number of carbonyl (C=O) groups excluding carboxylic acids is 5. The van der Waals surface area contributed by atoms with Crippen LogP contribution in [0.4, 0.5) is 9.59 Å². The van der Waals surface area contributed by atoms with Crippen LogP contribution in [0.25, 0.3) is 0 Å². The number of alkyl carbamates (subject to hydrolysis) is 2. The molecular weight excluding hydrogens is 536 g/mol. The summed E-state index contributed by atoms with van der Waals surface area (Å²) in [5.74, 6) is -1.18. The fourth-order valence-electron chi connectivity index (χ4n) is 3.43. The van der Waals surface area contributed by atoms with Gasteiger partial charge in [0.25, 0.3) is 0 Å². The second-order valence-electron chi connectivity index (χ2n) is 10.1. The Morgan fingerprint density at radius 2 is 1.59 bits per heavy atom. The van der Waals surface area contributed by atoms with E-state index in [0.717, 1.165) is 5.56 Å². The second kappa shape index (κ2) is 19.2. The maximum atomic E-state index is 12.1. The van der Waals surface area contributed by atoms with E-state index >= 15 is 0 Å². The molecule has 0 aliphatic carbocycles. The Labute approximate surface area is 241 Å². The molecule has 0 aliphatic heterocycles. The van der Waals surface area contributed by atoms with E-state index in [-0.39, 0.29) is 32.1 Å². The van der Waals surface area contributed by atoms with Gasteiger partial charge in [0, 0.05) is 26.6 Å². The summed E-state index contributed by atoms with van der Waals surface area (Å²) in [5.41, 5.74) is 0.119. The summed E-state index contributed by atoms with van der Waals surface area (Å²) >= 11 is 0. The van der Waals surface area contributed by atoms with Crippen molar-refractivity contribution >= 4 is 30.0 Å². The van der Waals surface area contributed by atoms with E-state index < -0.39 is 41.7 Å². The number of benzene rings is 1. The molecule has 0 aromatic heterocycles. The Kier molecular flexibility index (Phi) is 16.5. The quantitative estimate of drug-likeness (QED) is 0.122. The number of hydrogen-bond acceptors (Lipinski definition) is 9. The van der Waals surface area contributed by atoms with Gasteiger partial charge < -0.3 is 40.2 Å². The first kappa shape index (κ1) is 35.2. The lowest BCUT2D eigenvalue weighted by Gasteiger charge is -2.22. The first-order chi connectivity index (χ1) is 19.4. The summed E-state index contributed by atoms with van der Waals surface area (Å²) in [5, 5.41) is 10.3. The van der Waals surface area contributed by atoms with Crippen LogP contribution in [0, 0.1) is 0 Å². The summed E-state index contributed by atoms with van der Waals surface area (Å²) in [6.07, 6.45) is 0.645. The minimum Gasteiger partial charge on any atom is -0.467 e. The van der Waals surface area contributed by atoms with Crippen molar-refractivity contribution in [2.24, 2.45) is 0 Å². The summed E-state index contributed by atoms with van der Waals surface area (Å²) < 4.78 is 20.6. The predicted octanol–water partition coefficient (Wildman–Crippen LogP) is 2.18. The molecule has 1 rings (SSSR count). The van der Waals surface area contributed by atoms with Gasteiger partial charge in [-0.05, 0) is 52.0 Å². The minimum absolute atomic E-state index is 0.0674. The Bertz CT molecular complexity index is 967. The maximum Gasteiger partial charge on any atom is 0.408 e. The van der Waals surface area contributed by atoms with Crippen LogP contribution in [-0.2, 0) is 39.9 Å². The molecule has 13 nitrogen and oxygen atoms in total. The van der Waals surface area contributed by atoms with Crippen molar-refractivity contribution < 1.29 is 42.9 Å². The highest BCUT2D eigenvalue weighted by Crippen LogP contribution is 2.09. The van der Waals surface area contributed by atoms with Crippen LogP contribution >= 0.6 is 0 Å². The molecule has 0 aliphatic rings. The number of rotatable bonds is 17. The molecule has 0 bridgehead atoms. The second-order valence-corrected chi connectivity index (χ2v) is 10.1. The molecule has 230 valence electrons. The average Bonchev–Trinajstić information content (AvgIpc) is 2.93. The molecule has 0 spiro atoms. The maximum absolute atomic E-state index is 12.1. The van der Waals surface area contributed by atoms with Crippen molar-refractivity contribution in [3.05, 3.63) is 35.9 Å². The zero-order valence-electron chi connectivity index (χ0n) is 24.6. The first-order valence-electron chi connectivity index (χ1n) is 13.6. The van der Waals surface area contributed by atoms with Gasteiger partial charge in [0.1, 0.15) is 24.3 Å². The fraction of sp³-hybridized carbons (Fsp3) is 0.607. The van der Waals surface area contributed by atoms with Crippen LogP contribution < -0.4 is 21.3 Å². The third-order valence-corrected chi connectivity index (χ3v) is 5.46. The summed E-state index contributed by atoms with van der Waals surface area (Å²) in [7, 11) is 2.69. The molecule has 13 heteroatoms. The zero-order chi connectivity index (χ0) is 30.7. The number of amides is 4. The van der Waals surface area contributed by atoms with Crippen LogP contribution in [0.3, 0.4) is 0 Å². The van der Waals surface area contributed by atoms with Crippen LogP contribution in [-0.4, -0.2) is 81.6 Å². The standard InChI is InChI=1S/C28H44N4O9/c1-28(2,3)41-27(37)31-21(25(35)38-5)14-9-10-16-30-23(33)15-11-17-39-19-22(24(34)29-4)32-26(36)40-18-20-12-7-6-8-13-20/h6-8,12-13,21-22H,9-11,14-19H2,1-5H3,(H,29,34)(H,30,33)(H,31,37)(H,32,36)/t21-,22-/m0/s1. The van der Waals surface area contributed by atoms with Gasteiger partial charge in [-0.2, -0.15) is 0 Å². The monoisotopic (exact) mass is 580 g/mol. The van der Waals surface area contributed by atoms with Crippen molar-refractivity contribution in [2.45, 2.75) is 77.2 Å². The van der Waals surface area contributed by atoms with Gasteiger partial charge in [-0.25, -0.2) is 14.4 Å². The summed E-state index contributed by atoms with van der Waals surface area (Å²) in [6, 6.07) is 7.35. The number of likely N-dealkylation sites (N-methyl/N-ethyl adjacent to an activating group) is 1. The highest BCUT2D eigenvalue weighted by Gasteiger charge is 2.24. The fourth-order valence-corrected chi connectivity index (χ4v) is 3.43. The molecule has 0 unspecified atom stereocenters. The lowest BCUT2D eigenvalue weighted by atomic mass is 10.1. The predicted molar refractivity (Wildman–Crippen MR) is 150 cm³/mol. The number of nitrogens with one attached hydrogen (secondary N) is 4.